The van der Waals surface area contributed by atoms with Crippen molar-refractivity contribution in [1.82, 2.24) is 4.90 Å². The van der Waals surface area contributed by atoms with Gasteiger partial charge in [0.05, 0.1) is 21.9 Å². The Bertz CT molecular complexity index is 1220. The number of amides is 2. The third-order valence-corrected chi connectivity index (χ3v) is 5.62. The van der Waals surface area contributed by atoms with Gasteiger partial charge in [-0.3, -0.25) is 24.6 Å². The molecule has 2 aromatic carbocycles. The molecule has 32 heavy (non-hydrogen) atoms. The van der Waals surface area contributed by atoms with E-state index in [9.17, 15) is 19.7 Å². The monoisotopic (exact) mass is 450 g/mol. The zero-order valence-corrected chi connectivity index (χ0v) is 17.8. The number of carbonyl (C=O) groups is 2. The molecule has 0 unspecified atom stereocenters. The first-order valence-corrected chi connectivity index (χ1v) is 10.5. The number of nitro benzene ring substituents is 1. The molecule has 0 radical (unpaired) electrons. The molecule has 0 aliphatic carbocycles. The fraction of sp³-hybridized carbons (Fsp3) is 0.130. The van der Waals surface area contributed by atoms with E-state index in [2.05, 4.69) is 0 Å². The fourth-order valence-electron chi connectivity index (χ4n) is 3.17. The van der Waals surface area contributed by atoms with Crippen LogP contribution in [0.5, 0.6) is 5.75 Å². The predicted molar refractivity (Wildman–Crippen MR) is 120 cm³/mol. The second-order valence-corrected chi connectivity index (χ2v) is 7.97. The third kappa shape index (κ3) is 4.57. The van der Waals surface area contributed by atoms with Crippen molar-refractivity contribution in [2.45, 2.75) is 6.92 Å². The van der Waals surface area contributed by atoms with Gasteiger partial charge in [-0.25, -0.2) is 0 Å². The van der Waals surface area contributed by atoms with Crippen LogP contribution in [0.25, 0.3) is 17.4 Å². The van der Waals surface area contributed by atoms with Crippen LogP contribution < -0.4 is 4.74 Å². The first kappa shape index (κ1) is 21.4. The summed E-state index contributed by atoms with van der Waals surface area (Å²) in [4.78, 5) is 37.2. The lowest BCUT2D eigenvalue weighted by atomic mass is 10.1. The summed E-state index contributed by atoms with van der Waals surface area (Å²) in [7, 11) is 0. The summed E-state index contributed by atoms with van der Waals surface area (Å²) in [6.45, 7) is 2.07. The molecule has 1 fully saturated rings. The Hall–Kier alpha value is -3.85. The Kier molecular flexibility index (Phi) is 6.09. The van der Waals surface area contributed by atoms with Gasteiger partial charge in [0.2, 0.25) is 0 Å². The van der Waals surface area contributed by atoms with Crippen LogP contribution in [0, 0.1) is 17.0 Å². The molecule has 1 aliphatic rings. The zero-order chi connectivity index (χ0) is 22.7. The second kappa shape index (κ2) is 9.11. The predicted octanol–water partition coefficient (Wildman–Crippen LogP) is 5.28. The number of nitrogens with zero attached hydrogens (tertiary/aromatic N) is 2. The van der Waals surface area contributed by atoms with Crippen molar-refractivity contribution >= 4 is 34.7 Å². The van der Waals surface area contributed by atoms with Crippen molar-refractivity contribution in [3.05, 3.63) is 87.0 Å². The van der Waals surface area contributed by atoms with E-state index in [-0.39, 0.29) is 29.0 Å². The molecule has 1 aromatic heterocycles. The molecule has 8 nitrogen and oxygen atoms in total. The number of hydrogen-bond donors (Lipinski definition) is 0. The van der Waals surface area contributed by atoms with Crippen molar-refractivity contribution in [2.75, 3.05) is 13.2 Å². The molecule has 1 aliphatic heterocycles. The molecular formula is C23H18N2O6S. The molecule has 0 atom stereocenters. The van der Waals surface area contributed by atoms with Crippen LogP contribution in [-0.4, -0.2) is 34.1 Å². The summed E-state index contributed by atoms with van der Waals surface area (Å²) in [5, 5.41) is 11.0. The number of thioether (sulfide) groups is 1. The minimum Gasteiger partial charge on any atom is -0.492 e. The fourth-order valence-corrected chi connectivity index (χ4v) is 4.01. The maximum absolute atomic E-state index is 12.6. The average Bonchev–Trinajstić information content (AvgIpc) is 3.34. The Morgan fingerprint density at radius 3 is 2.66 bits per heavy atom. The van der Waals surface area contributed by atoms with Crippen LogP contribution >= 0.6 is 11.8 Å². The molecule has 3 aromatic rings. The molecule has 2 amide bonds. The standard InChI is InChI=1S/C23H18N2O6S/c1-15-7-9-18(19(13-15)25(28)29)20-10-8-17(31-20)14-21-22(26)24(23(27)32-21)11-12-30-16-5-3-2-4-6-16/h2-10,13-14H,11-12H2,1H3/b21-14-. The molecular weight excluding hydrogens is 432 g/mol. The summed E-state index contributed by atoms with van der Waals surface area (Å²) in [5.41, 5.74) is 1.04. The van der Waals surface area contributed by atoms with Gasteiger partial charge in [-0.05, 0) is 54.6 Å². The van der Waals surface area contributed by atoms with Gasteiger partial charge in [0.15, 0.2) is 0 Å². The molecule has 2 heterocycles. The van der Waals surface area contributed by atoms with Crippen molar-refractivity contribution in [3.63, 3.8) is 0 Å². The van der Waals surface area contributed by atoms with E-state index < -0.39 is 10.8 Å². The number of benzene rings is 2. The topological polar surface area (TPSA) is 103 Å². The SMILES string of the molecule is Cc1ccc(-c2ccc(/C=C3\SC(=O)N(CCOc4ccccc4)C3=O)o2)c([N+](=O)[O-])c1. The number of carbonyl (C=O) groups excluding carboxylic acids is 2. The highest BCUT2D eigenvalue weighted by atomic mass is 32.2. The Labute approximate surface area is 187 Å². The van der Waals surface area contributed by atoms with Crippen LogP contribution in [0.4, 0.5) is 10.5 Å². The van der Waals surface area contributed by atoms with Gasteiger partial charge >= 0.3 is 0 Å². The van der Waals surface area contributed by atoms with Gasteiger partial charge in [-0.1, -0.05) is 24.3 Å². The number of para-hydroxylation sites is 1. The van der Waals surface area contributed by atoms with E-state index in [1.165, 1.54) is 12.1 Å². The summed E-state index contributed by atoms with van der Waals surface area (Å²) >= 11 is 0.813. The highest BCUT2D eigenvalue weighted by Crippen LogP contribution is 2.35. The lowest BCUT2D eigenvalue weighted by molar-refractivity contribution is -0.384. The summed E-state index contributed by atoms with van der Waals surface area (Å²) in [6, 6.07) is 17.2. The Morgan fingerprint density at radius 2 is 1.91 bits per heavy atom. The van der Waals surface area contributed by atoms with E-state index in [1.807, 2.05) is 18.2 Å². The second-order valence-electron chi connectivity index (χ2n) is 6.97. The summed E-state index contributed by atoms with van der Waals surface area (Å²) in [5.74, 6) is 0.846. The lowest BCUT2D eigenvalue weighted by Gasteiger charge is -2.13. The summed E-state index contributed by atoms with van der Waals surface area (Å²) < 4.78 is 11.3. The Balaban J connectivity index is 1.47. The molecule has 4 rings (SSSR count). The van der Waals surface area contributed by atoms with E-state index in [0.29, 0.717) is 22.8 Å². The molecule has 0 N–H and O–H groups in total. The van der Waals surface area contributed by atoms with Gasteiger partial charge in [-0.15, -0.1) is 0 Å². The number of hydrogen-bond acceptors (Lipinski definition) is 7. The van der Waals surface area contributed by atoms with E-state index in [4.69, 9.17) is 9.15 Å². The van der Waals surface area contributed by atoms with Crippen LogP contribution in [-0.2, 0) is 4.79 Å². The molecule has 162 valence electrons. The van der Waals surface area contributed by atoms with Gasteiger partial charge < -0.3 is 9.15 Å². The van der Waals surface area contributed by atoms with Gasteiger partial charge in [0.25, 0.3) is 16.8 Å². The average molecular weight is 450 g/mol. The van der Waals surface area contributed by atoms with E-state index in [0.717, 1.165) is 22.2 Å². The van der Waals surface area contributed by atoms with Crippen LogP contribution in [0.1, 0.15) is 11.3 Å². The first-order valence-electron chi connectivity index (χ1n) is 9.71. The maximum atomic E-state index is 12.6. The van der Waals surface area contributed by atoms with Crippen molar-refractivity contribution in [2.24, 2.45) is 0 Å². The molecule has 1 saturated heterocycles. The third-order valence-electron chi connectivity index (χ3n) is 4.72. The van der Waals surface area contributed by atoms with Gasteiger partial charge in [0.1, 0.15) is 23.9 Å². The van der Waals surface area contributed by atoms with E-state index in [1.54, 1.807) is 43.3 Å². The highest BCUT2D eigenvalue weighted by Gasteiger charge is 2.35. The van der Waals surface area contributed by atoms with Gasteiger partial charge in [-0.2, -0.15) is 0 Å². The number of furan rings is 1. The highest BCUT2D eigenvalue weighted by molar-refractivity contribution is 8.18. The first-order chi connectivity index (χ1) is 15.4. The minimum absolute atomic E-state index is 0.0651. The quantitative estimate of drug-likeness (QED) is 0.274. The number of rotatable bonds is 7. The summed E-state index contributed by atoms with van der Waals surface area (Å²) in [6.07, 6.45) is 1.46. The number of ether oxygens (including phenoxy) is 1. The van der Waals surface area contributed by atoms with Crippen molar-refractivity contribution in [3.8, 4) is 17.1 Å². The number of aryl methyl sites for hydroxylation is 1. The molecule has 0 spiro atoms. The Morgan fingerprint density at radius 1 is 1.12 bits per heavy atom. The molecule has 0 saturated carbocycles. The molecule has 9 heteroatoms. The maximum Gasteiger partial charge on any atom is 0.293 e. The van der Waals surface area contributed by atoms with Gasteiger partial charge in [0, 0.05) is 12.1 Å². The van der Waals surface area contributed by atoms with Crippen molar-refractivity contribution < 1.29 is 23.7 Å². The lowest BCUT2D eigenvalue weighted by Crippen LogP contribution is -2.32. The minimum atomic E-state index is -0.465. The van der Waals surface area contributed by atoms with Crippen LogP contribution in [0.3, 0.4) is 0 Å². The molecule has 0 bridgehead atoms. The number of imide groups is 1. The van der Waals surface area contributed by atoms with E-state index >= 15 is 0 Å². The van der Waals surface area contributed by atoms with Crippen molar-refractivity contribution in [1.29, 1.82) is 0 Å². The smallest absolute Gasteiger partial charge is 0.293 e. The normalized spacial score (nSPS) is 14.9. The zero-order valence-electron chi connectivity index (χ0n) is 17.0. The largest absolute Gasteiger partial charge is 0.492 e. The van der Waals surface area contributed by atoms with Crippen LogP contribution in [0.2, 0.25) is 0 Å². The van der Waals surface area contributed by atoms with Crippen LogP contribution in [0.15, 0.2) is 70.0 Å². The number of nitro groups is 1.